The van der Waals surface area contributed by atoms with Gasteiger partial charge in [-0.2, -0.15) is 0 Å². The topological polar surface area (TPSA) is 54.0 Å². The first-order valence-corrected chi connectivity index (χ1v) is 4.18. The molecule has 0 bridgehead atoms. The molecule has 1 aromatic rings. The molecule has 0 aromatic carbocycles. The first-order valence-electron chi connectivity index (χ1n) is 4.18. The Hall–Kier alpha value is -1.42. The van der Waals surface area contributed by atoms with Crippen LogP contribution in [-0.4, -0.2) is 17.9 Å². The Balaban J connectivity index is 2.31. The molecule has 1 amide bonds. The summed E-state index contributed by atoms with van der Waals surface area (Å²) in [6.45, 7) is 0. The van der Waals surface area contributed by atoms with Crippen LogP contribution in [0.1, 0.15) is 12.1 Å². The molecule has 0 atom stereocenters. The molecule has 4 nitrogen and oxygen atoms in total. The lowest BCUT2D eigenvalue weighted by atomic mass is 10.2. The molecule has 0 fully saturated rings. The number of hydrogen-bond donors (Lipinski definition) is 2. The van der Waals surface area contributed by atoms with Gasteiger partial charge in [-0.05, 0) is 18.6 Å². The Morgan fingerprint density at radius 1 is 1.54 bits per heavy atom. The number of pyridine rings is 1. The Bertz CT molecular complexity index is 261. The Morgan fingerprint density at radius 2 is 2.38 bits per heavy atom. The second kappa shape index (κ2) is 5.27. The normalized spacial score (nSPS) is 9.62. The zero-order chi connectivity index (χ0) is 9.52. The van der Waals surface area contributed by atoms with Crippen LogP contribution in [0.5, 0.6) is 0 Å². The first kappa shape index (κ1) is 9.67. The summed E-state index contributed by atoms with van der Waals surface area (Å²) in [6.07, 6.45) is 2.86. The number of aryl methyl sites for hydroxylation is 1. The summed E-state index contributed by atoms with van der Waals surface area (Å²) in [5.74, 6) is -0.0202. The van der Waals surface area contributed by atoms with Gasteiger partial charge in [0, 0.05) is 25.4 Å². The van der Waals surface area contributed by atoms with Crippen molar-refractivity contribution >= 4 is 5.91 Å². The highest BCUT2D eigenvalue weighted by Crippen LogP contribution is 1.97. The summed E-state index contributed by atoms with van der Waals surface area (Å²) in [7, 11) is 1.67. The van der Waals surface area contributed by atoms with Crippen LogP contribution in [0.3, 0.4) is 0 Å². The maximum atomic E-state index is 11.0. The number of hydrazine groups is 1. The van der Waals surface area contributed by atoms with Crippen molar-refractivity contribution in [1.82, 2.24) is 15.8 Å². The number of rotatable bonds is 4. The van der Waals surface area contributed by atoms with Gasteiger partial charge in [-0.25, -0.2) is 5.43 Å². The average molecular weight is 179 g/mol. The van der Waals surface area contributed by atoms with Crippen molar-refractivity contribution in [2.75, 3.05) is 7.05 Å². The Kier molecular flexibility index (Phi) is 3.92. The van der Waals surface area contributed by atoms with Gasteiger partial charge in [0.1, 0.15) is 0 Å². The molecule has 1 aromatic heterocycles. The molecule has 2 N–H and O–H groups in total. The first-order chi connectivity index (χ1) is 6.33. The number of carbonyl (C=O) groups excluding carboxylic acids is 1. The van der Waals surface area contributed by atoms with Crippen molar-refractivity contribution in [2.45, 2.75) is 12.8 Å². The van der Waals surface area contributed by atoms with Crippen molar-refractivity contribution in [3.63, 3.8) is 0 Å². The molecule has 1 rings (SSSR count). The summed E-state index contributed by atoms with van der Waals surface area (Å²) < 4.78 is 0. The largest absolute Gasteiger partial charge is 0.292 e. The second-order valence-electron chi connectivity index (χ2n) is 2.62. The molecule has 0 radical (unpaired) electrons. The fourth-order valence-electron chi connectivity index (χ4n) is 0.990. The molecule has 0 aliphatic rings. The highest BCUT2D eigenvalue weighted by molar-refractivity contribution is 5.75. The summed E-state index contributed by atoms with van der Waals surface area (Å²) in [6, 6.07) is 5.68. The maximum Gasteiger partial charge on any atom is 0.234 e. The lowest BCUT2D eigenvalue weighted by molar-refractivity contribution is -0.121. The third kappa shape index (κ3) is 3.66. The van der Waals surface area contributed by atoms with E-state index in [0.29, 0.717) is 12.8 Å². The number of aromatic nitrogens is 1. The average Bonchev–Trinajstić information content (AvgIpc) is 2.17. The van der Waals surface area contributed by atoms with Crippen molar-refractivity contribution in [3.05, 3.63) is 30.1 Å². The van der Waals surface area contributed by atoms with Crippen molar-refractivity contribution in [1.29, 1.82) is 0 Å². The van der Waals surface area contributed by atoms with Crippen LogP contribution in [-0.2, 0) is 11.2 Å². The van der Waals surface area contributed by atoms with E-state index in [1.165, 1.54) is 0 Å². The molecule has 0 saturated heterocycles. The molecule has 0 spiro atoms. The van der Waals surface area contributed by atoms with E-state index in [4.69, 9.17) is 0 Å². The third-order valence-electron chi connectivity index (χ3n) is 1.60. The second-order valence-corrected chi connectivity index (χ2v) is 2.62. The number of amides is 1. The van der Waals surface area contributed by atoms with E-state index in [0.717, 1.165) is 5.69 Å². The fraction of sp³-hybridized carbons (Fsp3) is 0.333. The van der Waals surface area contributed by atoms with E-state index in [1.54, 1.807) is 13.2 Å². The van der Waals surface area contributed by atoms with Gasteiger partial charge < -0.3 is 0 Å². The van der Waals surface area contributed by atoms with E-state index in [1.807, 2.05) is 18.2 Å². The van der Waals surface area contributed by atoms with Crippen LogP contribution in [0, 0.1) is 0 Å². The van der Waals surface area contributed by atoms with Crippen molar-refractivity contribution in [2.24, 2.45) is 0 Å². The summed E-state index contributed by atoms with van der Waals surface area (Å²) in [5.41, 5.74) is 6.02. The van der Waals surface area contributed by atoms with E-state index in [2.05, 4.69) is 15.8 Å². The molecule has 0 saturated carbocycles. The fourth-order valence-corrected chi connectivity index (χ4v) is 0.990. The lowest BCUT2D eigenvalue weighted by Gasteiger charge is -2.01. The van der Waals surface area contributed by atoms with Crippen LogP contribution < -0.4 is 10.9 Å². The van der Waals surface area contributed by atoms with Gasteiger partial charge in [0.2, 0.25) is 5.91 Å². The zero-order valence-corrected chi connectivity index (χ0v) is 7.58. The summed E-state index contributed by atoms with van der Waals surface area (Å²) in [4.78, 5) is 15.1. The number of carbonyl (C=O) groups is 1. The van der Waals surface area contributed by atoms with E-state index >= 15 is 0 Å². The SMILES string of the molecule is CNNC(=O)CCc1ccccn1. The molecule has 0 unspecified atom stereocenters. The van der Waals surface area contributed by atoms with Gasteiger partial charge in [-0.15, -0.1) is 0 Å². The third-order valence-corrected chi connectivity index (χ3v) is 1.60. The Labute approximate surface area is 77.3 Å². The minimum Gasteiger partial charge on any atom is -0.292 e. The van der Waals surface area contributed by atoms with Gasteiger partial charge in [-0.3, -0.25) is 15.2 Å². The Morgan fingerprint density at radius 3 is 3.00 bits per heavy atom. The summed E-state index contributed by atoms with van der Waals surface area (Å²) >= 11 is 0. The van der Waals surface area contributed by atoms with Gasteiger partial charge in [0.15, 0.2) is 0 Å². The van der Waals surface area contributed by atoms with Crippen LogP contribution in [0.15, 0.2) is 24.4 Å². The minimum absolute atomic E-state index is 0.0202. The molecule has 0 aliphatic heterocycles. The van der Waals surface area contributed by atoms with E-state index < -0.39 is 0 Å². The summed E-state index contributed by atoms with van der Waals surface area (Å²) in [5, 5.41) is 0. The molecular weight excluding hydrogens is 166 g/mol. The number of nitrogens with one attached hydrogen (secondary N) is 2. The molecule has 4 heteroatoms. The predicted molar refractivity (Wildman–Crippen MR) is 49.8 cm³/mol. The molecule has 1 heterocycles. The minimum atomic E-state index is -0.0202. The molecule has 13 heavy (non-hydrogen) atoms. The smallest absolute Gasteiger partial charge is 0.234 e. The number of hydrogen-bond acceptors (Lipinski definition) is 3. The van der Waals surface area contributed by atoms with Crippen LogP contribution in [0.2, 0.25) is 0 Å². The van der Waals surface area contributed by atoms with Crippen LogP contribution in [0.4, 0.5) is 0 Å². The maximum absolute atomic E-state index is 11.0. The van der Waals surface area contributed by atoms with Crippen LogP contribution >= 0.6 is 0 Å². The van der Waals surface area contributed by atoms with Gasteiger partial charge >= 0.3 is 0 Å². The zero-order valence-electron chi connectivity index (χ0n) is 7.58. The van der Waals surface area contributed by atoms with Gasteiger partial charge in [0.25, 0.3) is 0 Å². The highest BCUT2D eigenvalue weighted by Gasteiger charge is 2.00. The number of nitrogens with zero attached hydrogens (tertiary/aromatic N) is 1. The predicted octanol–water partition coefficient (Wildman–Crippen LogP) is 0.265. The molecule has 70 valence electrons. The van der Waals surface area contributed by atoms with Gasteiger partial charge in [-0.1, -0.05) is 6.07 Å². The van der Waals surface area contributed by atoms with E-state index in [9.17, 15) is 4.79 Å². The van der Waals surface area contributed by atoms with Crippen molar-refractivity contribution < 1.29 is 4.79 Å². The van der Waals surface area contributed by atoms with Gasteiger partial charge in [0.05, 0.1) is 0 Å². The monoisotopic (exact) mass is 179 g/mol. The molecular formula is C9H13N3O. The standard InChI is InChI=1S/C9H13N3O/c1-10-12-9(13)6-5-8-4-2-3-7-11-8/h2-4,7,10H,5-6H2,1H3,(H,12,13). The molecule has 0 aliphatic carbocycles. The van der Waals surface area contributed by atoms with Crippen LogP contribution in [0.25, 0.3) is 0 Å². The lowest BCUT2D eigenvalue weighted by Crippen LogP contribution is -2.34. The highest BCUT2D eigenvalue weighted by atomic mass is 16.2. The quantitative estimate of drug-likeness (QED) is 0.652. The van der Waals surface area contributed by atoms with E-state index in [-0.39, 0.29) is 5.91 Å². The van der Waals surface area contributed by atoms with Crippen molar-refractivity contribution in [3.8, 4) is 0 Å².